The fourth-order valence-electron chi connectivity index (χ4n) is 5.24. The van der Waals surface area contributed by atoms with E-state index in [1.165, 1.54) is 31.4 Å². The number of thiocarbonyl (C=S) groups is 1. The van der Waals surface area contributed by atoms with Crippen molar-refractivity contribution in [3.63, 3.8) is 0 Å². The van der Waals surface area contributed by atoms with Crippen molar-refractivity contribution in [3.05, 3.63) is 29.6 Å². The van der Waals surface area contributed by atoms with Crippen LogP contribution in [0.15, 0.2) is 12.7 Å². The van der Waals surface area contributed by atoms with Crippen molar-refractivity contribution in [2.24, 2.45) is 5.41 Å². The van der Waals surface area contributed by atoms with Crippen molar-refractivity contribution >= 4 is 23.1 Å². The first-order valence-corrected chi connectivity index (χ1v) is 11.1. The summed E-state index contributed by atoms with van der Waals surface area (Å²) in [5, 5.41) is 9.14. The van der Waals surface area contributed by atoms with E-state index in [1.54, 1.807) is 0 Å². The molecule has 1 aliphatic heterocycles. The van der Waals surface area contributed by atoms with Gasteiger partial charge in [0.25, 0.3) is 0 Å². The van der Waals surface area contributed by atoms with Gasteiger partial charge in [-0.1, -0.05) is 32.8 Å². The van der Waals surface area contributed by atoms with Crippen LogP contribution < -0.4 is 5.32 Å². The van der Waals surface area contributed by atoms with E-state index in [0.29, 0.717) is 19.0 Å². The lowest BCUT2D eigenvalue weighted by Gasteiger charge is -2.31. The Labute approximate surface area is 173 Å². The van der Waals surface area contributed by atoms with Crippen LogP contribution in [0, 0.1) is 5.41 Å². The number of aromatic nitrogens is 2. The maximum Gasteiger partial charge on any atom is 0.169 e. The minimum atomic E-state index is 0.00786. The van der Waals surface area contributed by atoms with Gasteiger partial charge in [0.1, 0.15) is 0 Å². The summed E-state index contributed by atoms with van der Waals surface area (Å²) in [6, 6.07) is 0.552. The molecule has 2 fully saturated rings. The maximum atomic E-state index is 13.2. The molecule has 3 aliphatic rings. The molecule has 2 heterocycles. The summed E-state index contributed by atoms with van der Waals surface area (Å²) >= 11 is 5.64. The Bertz CT molecular complexity index is 791. The molecule has 6 heteroatoms. The van der Waals surface area contributed by atoms with Crippen LogP contribution in [-0.2, 0) is 6.42 Å². The highest BCUT2D eigenvalue weighted by Gasteiger charge is 2.41. The van der Waals surface area contributed by atoms with Gasteiger partial charge in [-0.3, -0.25) is 9.48 Å². The fourth-order valence-corrected chi connectivity index (χ4v) is 5.54. The zero-order chi connectivity index (χ0) is 19.9. The molecule has 4 rings (SSSR count). The molecule has 152 valence electrons. The van der Waals surface area contributed by atoms with Crippen molar-refractivity contribution in [1.82, 2.24) is 20.0 Å². The van der Waals surface area contributed by atoms with Gasteiger partial charge in [0.2, 0.25) is 0 Å². The second kappa shape index (κ2) is 7.62. The van der Waals surface area contributed by atoms with E-state index in [9.17, 15) is 4.79 Å². The van der Waals surface area contributed by atoms with Crippen molar-refractivity contribution in [2.45, 2.75) is 77.3 Å². The highest BCUT2D eigenvalue weighted by Crippen LogP contribution is 2.43. The topological polar surface area (TPSA) is 50.2 Å². The summed E-state index contributed by atoms with van der Waals surface area (Å²) in [7, 11) is 0. The quantitative estimate of drug-likeness (QED) is 0.601. The van der Waals surface area contributed by atoms with Gasteiger partial charge in [-0.05, 0) is 49.7 Å². The lowest BCUT2D eigenvalue weighted by Crippen LogP contribution is -2.40. The molecule has 0 unspecified atom stereocenters. The Hall–Kier alpha value is -1.69. The molecule has 28 heavy (non-hydrogen) atoms. The highest BCUT2D eigenvalue weighted by atomic mass is 32.1. The van der Waals surface area contributed by atoms with Crippen molar-refractivity contribution < 1.29 is 4.79 Å². The Morgan fingerprint density at radius 2 is 2.04 bits per heavy atom. The van der Waals surface area contributed by atoms with Crippen molar-refractivity contribution in [1.29, 1.82) is 0 Å². The molecule has 0 bridgehead atoms. The molecule has 0 radical (unpaired) electrons. The van der Waals surface area contributed by atoms with Crippen LogP contribution >= 0.6 is 12.2 Å². The second-order valence-electron chi connectivity index (χ2n) is 9.36. The van der Waals surface area contributed by atoms with Gasteiger partial charge in [0.05, 0.1) is 29.0 Å². The van der Waals surface area contributed by atoms with Gasteiger partial charge < -0.3 is 10.2 Å². The molecule has 1 aromatic heterocycles. The van der Waals surface area contributed by atoms with Gasteiger partial charge in [0.15, 0.2) is 10.9 Å². The number of hydrogen-bond donors (Lipinski definition) is 1. The molecule has 1 N–H and O–H groups in total. The van der Waals surface area contributed by atoms with E-state index in [4.69, 9.17) is 17.3 Å². The standard InChI is InChI=1S/C22H32N4OS/c1-4-11-23-21(28)25-12-7-10-16(25)20-19-17(13-22(2,3)14-18(19)27)26(24-20)15-8-5-6-9-15/h4,15-16H,1,5-14H2,2-3H3,(H,23,28)/t16-/m0/s1. The number of nitrogens with zero attached hydrogens (tertiary/aromatic N) is 3. The van der Waals surface area contributed by atoms with Crippen LogP contribution in [0.25, 0.3) is 0 Å². The molecule has 0 amide bonds. The molecule has 1 atom stereocenters. The smallest absolute Gasteiger partial charge is 0.169 e. The number of rotatable bonds is 4. The van der Waals surface area contributed by atoms with Crippen molar-refractivity contribution in [3.8, 4) is 0 Å². The van der Waals surface area contributed by atoms with Crippen LogP contribution in [0.1, 0.15) is 92.6 Å². The summed E-state index contributed by atoms with van der Waals surface area (Å²) in [5.41, 5.74) is 3.07. The molecule has 1 saturated heterocycles. The first kappa shape index (κ1) is 19.6. The summed E-state index contributed by atoms with van der Waals surface area (Å²) in [6.45, 7) is 9.74. The van der Waals surface area contributed by atoms with E-state index in [2.05, 4.69) is 35.3 Å². The molecule has 5 nitrogen and oxygen atoms in total. The molecule has 2 aliphatic carbocycles. The van der Waals surface area contributed by atoms with Gasteiger partial charge in [-0.15, -0.1) is 6.58 Å². The molecule has 0 spiro atoms. The number of nitrogens with one attached hydrogen (secondary N) is 1. The molecular formula is C22H32N4OS. The van der Waals surface area contributed by atoms with E-state index >= 15 is 0 Å². The van der Waals surface area contributed by atoms with Crippen LogP contribution in [0.3, 0.4) is 0 Å². The van der Waals surface area contributed by atoms with Crippen LogP contribution in [0.2, 0.25) is 0 Å². The zero-order valence-corrected chi connectivity index (χ0v) is 18.0. The average molecular weight is 401 g/mol. The monoisotopic (exact) mass is 400 g/mol. The van der Waals surface area contributed by atoms with E-state index in [0.717, 1.165) is 42.2 Å². The lowest BCUT2D eigenvalue weighted by molar-refractivity contribution is 0.0907. The first-order chi connectivity index (χ1) is 13.4. The first-order valence-electron chi connectivity index (χ1n) is 10.7. The maximum absolute atomic E-state index is 13.2. The van der Waals surface area contributed by atoms with Crippen LogP contribution in [0.4, 0.5) is 0 Å². The number of fused-ring (bicyclic) bond motifs is 1. The number of carbonyl (C=O) groups is 1. The van der Waals surface area contributed by atoms with Gasteiger partial charge >= 0.3 is 0 Å². The summed E-state index contributed by atoms with van der Waals surface area (Å²) < 4.78 is 2.24. The number of carbonyl (C=O) groups excluding carboxylic acids is 1. The Kier molecular flexibility index (Phi) is 5.34. The second-order valence-corrected chi connectivity index (χ2v) is 9.74. The average Bonchev–Trinajstić information content (AvgIpc) is 3.36. The van der Waals surface area contributed by atoms with Gasteiger partial charge in [-0.25, -0.2) is 0 Å². The van der Waals surface area contributed by atoms with E-state index in [-0.39, 0.29) is 17.2 Å². The van der Waals surface area contributed by atoms with Gasteiger partial charge in [-0.2, -0.15) is 5.10 Å². The predicted octanol–water partition coefficient (Wildman–Crippen LogP) is 4.35. The normalized spacial score (nSPS) is 24.4. The van der Waals surface area contributed by atoms with Crippen LogP contribution in [-0.4, -0.2) is 38.7 Å². The van der Waals surface area contributed by atoms with E-state index in [1.807, 2.05) is 6.08 Å². The SMILES string of the molecule is C=CCNC(=S)N1CCC[C@H]1c1nn(C2CCCC2)c2c1C(=O)CC(C)(C)C2. The number of Topliss-reactive ketones (excluding diaryl/α,β-unsaturated/α-hetero) is 1. The minimum absolute atomic E-state index is 0.00786. The molecule has 1 aromatic rings. The summed E-state index contributed by atoms with van der Waals surface area (Å²) in [6.07, 6.45) is 10.3. The van der Waals surface area contributed by atoms with Gasteiger partial charge in [0, 0.05) is 19.5 Å². The number of hydrogen-bond acceptors (Lipinski definition) is 3. The minimum Gasteiger partial charge on any atom is -0.359 e. The Balaban J connectivity index is 1.74. The summed E-state index contributed by atoms with van der Waals surface area (Å²) in [5.74, 6) is 0.266. The van der Waals surface area contributed by atoms with Crippen LogP contribution in [0.5, 0.6) is 0 Å². The largest absolute Gasteiger partial charge is 0.359 e. The number of ketones is 1. The Morgan fingerprint density at radius 1 is 1.29 bits per heavy atom. The fraction of sp³-hybridized carbons (Fsp3) is 0.682. The molecule has 0 aromatic carbocycles. The zero-order valence-electron chi connectivity index (χ0n) is 17.2. The predicted molar refractivity (Wildman–Crippen MR) is 116 cm³/mol. The third-order valence-corrected chi connectivity index (χ3v) is 6.88. The molecule has 1 saturated carbocycles. The summed E-state index contributed by atoms with van der Waals surface area (Å²) in [4.78, 5) is 15.5. The third kappa shape index (κ3) is 3.51. The molecular weight excluding hydrogens is 368 g/mol. The lowest BCUT2D eigenvalue weighted by atomic mass is 9.75. The Morgan fingerprint density at radius 3 is 2.75 bits per heavy atom. The third-order valence-electron chi connectivity index (χ3n) is 6.50. The number of likely N-dealkylation sites (tertiary alicyclic amines) is 1. The van der Waals surface area contributed by atoms with E-state index < -0.39 is 0 Å². The van der Waals surface area contributed by atoms with Crippen molar-refractivity contribution in [2.75, 3.05) is 13.1 Å². The highest BCUT2D eigenvalue weighted by molar-refractivity contribution is 7.80.